The smallest absolute Gasteiger partial charge is 0.317 e. The van der Waals surface area contributed by atoms with Crippen molar-refractivity contribution in [3.05, 3.63) is 30.1 Å². The number of carbonyl (C=O) groups is 1. The van der Waals surface area contributed by atoms with E-state index in [0.717, 1.165) is 38.3 Å². The third-order valence-corrected chi connectivity index (χ3v) is 2.79. The van der Waals surface area contributed by atoms with Crippen molar-refractivity contribution >= 4 is 6.03 Å². The molecular formula is C12H18N4O. The number of amides is 2. The zero-order chi connectivity index (χ0) is 11.9. The molecule has 0 unspecified atom stereocenters. The van der Waals surface area contributed by atoms with E-state index >= 15 is 0 Å². The van der Waals surface area contributed by atoms with E-state index in [9.17, 15) is 4.79 Å². The Hall–Kier alpha value is -1.62. The lowest BCUT2D eigenvalue weighted by Gasteiger charge is -2.27. The van der Waals surface area contributed by atoms with Crippen LogP contribution in [0, 0.1) is 0 Å². The minimum atomic E-state index is 0.0300. The molecule has 1 aromatic rings. The highest BCUT2D eigenvalue weighted by Gasteiger charge is 2.14. The molecule has 1 fully saturated rings. The number of rotatable bonds is 3. The van der Waals surface area contributed by atoms with Crippen LogP contribution in [0.1, 0.15) is 5.69 Å². The Morgan fingerprint density at radius 3 is 2.94 bits per heavy atom. The van der Waals surface area contributed by atoms with Crippen molar-refractivity contribution in [1.29, 1.82) is 0 Å². The van der Waals surface area contributed by atoms with Crippen LogP contribution in [0.5, 0.6) is 0 Å². The van der Waals surface area contributed by atoms with E-state index in [4.69, 9.17) is 0 Å². The van der Waals surface area contributed by atoms with Gasteiger partial charge in [0, 0.05) is 51.0 Å². The molecule has 1 aromatic heterocycles. The summed E-state index contributed by atoms with van der Waals surface area (Å²) in [6, 6.07) is 5.85. The largest absolute Gasteiger partial charge is 0.338 e. The Balaban J connectivity index is 1.69. The van der Waals surface area contributed by atoms with E-state index in [1.807, 2.05) is 23.1 Å². The quantitative estimate of drug-likeness (QED) is 0.787. The van der Waals surface area contributed by atoms with Gasteiger partial charge in [-0.1, -0.05) is 6.07 Å². The lowest BCUT2D eigenvalue weighted by molar-refractivity contribution is 0.190. The third kappa shape index (κ3) is 3.71. The summed E-state index contributed by atoms with van der Waals surface area (Å²) in [5.41, 5.74) is 1.01. The van der Waals surface area contributed by atoms with Gasteiger partial charge in [0.05, 0.1) is 0 Å². The van der Waals surface area contributed by atoms with E-state index in [-0.39, 0.29) is 6.03 Å². The van der Waals surface area contributed by atoms with E-state index < -0.39 is 0 Å². The van der Waals surface area contributed by atoms with Crippen LogP contribution in [0.4, 0.5) is 4.79 Å². The number of piperazine rings is 1. The Kier molecular flexibility index (Phi) is 4.32. The van der Waals surface area contributed by atoms with Crippen LogP contribution in [0.25, 0.3) is 0 Å². The number of carbonyl (C=O) groups excluding carboxylic acids is 1. The first-order valence-electron chi connectivity index (χ1n) is 5.99. The average Bonchev–Trinajstić information content (AvgIpc) is 2.41. The number of aromatic nitrogens is 1. The van der Waals surface area contributed by atoms with Crippen LogP contribution in [-0.4, -0.2) is 48.6 Å². The highest BCUT2D eigenvalue weighted by molar-refractivity contribution is 5.74. The summed E-state index contributed by atoms with van der Waals surface area (Å²) in [5, 5.41) is 6.14. The topological polar surface area (TPSA) is 57.3 Å². The molecule has 2 amide bonds. The Bertz CT molecular complexity index is 349. The van der Waals surface area contributed by atoms with Crippen molar-refractivity contribution in [3.8, 4) is 0 Å². The van der Waals surface area contributed by atoms with E-state index in [1.165, 1.54) is 0 Å². The maximum atomic E-state index is 11.8. The fourth-order valence-electron chi connectivity index (χ4n) is 1.82. The van der Waals surface area contributed by atoms with Gasteiger partial charge < -0.3 is 15.5 Å². The maximum Gasteiger partial charge on any atom is 0.317 e. The molecule has 1 aliphatic heterocycles. The molecule has 2 N–H and O–H groups in total. The summed E-state index contributed by atoms with van der Waals surface area (Å²) in [7, 11) is 0. The van der Waals surface area contributed by atoms with Crippen molar-refractivity contribution < 1.29 is 4.79 Å². The molecule has 0 spiro atoms. The highest BCUT2D eigenvalue weighted by Crippen LogP contribution is 1.95. The van der Waals surface area contributed by atoms with Gasteiger partial charge in [-0.3, -0.25) is 4.98 Å². The molecule has 17 heavy (non-hydrogen) atoms. The molecule has 0 saturated carbocycles. The number of hydrogen-bond donors (Lipinski definition) is 2. The van der Waals surface area contributed by atoms with Crippen LogP contribution in [0.15, 0.2) is 24.4 Å². The number of nitrogens with one attached hydrogen (secondary N) is 2. The van der Waals surface area contributed by atoms with Crippen molar-refractivity contribution in [3.63, 3.8) is 0 Å². The lowest BCUT2D eigenvalue weighted by Crippen LogP contribution is -2.50. The van der Waals surface area contributed by atoms with Gasteiger partial charge >= 0.3 is 6.03 Å². The normalized spacial score (nSPS) is 15.6. The molecule has 0 radical (unpaired) electrons. The summed E-state index contributed by atoms with van der Waals surface area (Å²) in [5.74, 6) is 0. The molecule has 0 atom stereocenters. The van der Waals surface area contributed by atoms with Crippen LogP contribution in [0.3, 0.4) is 0 Å². The van der Waals surface area contributed by atoms with Gasteiger partial charge in [0.15, 0.2) is 0 Å². The van der Waals surface area contributed by atoms with Crippen molar-refractivity contribution in [2.24, 2.45) is 0 Å². The van der Waals surface area contributed by atoms with Gasteiger partial charge in [-0.05, 0) is 12.1 Å². The molecule has 0 aliphatic carbocycles. The van der Waals surface area contributed by atoms with Crippen LogP contribution in [0.2, 0.25) is 0 Å². The van der Waals surface area contributed by atoms with Crippen LogP contribution >= 0.6 is 0 Å². The molecule has 0 bridgehead atoms. The first-order valence-corrected chi connectivity index (χ1v) is 5.99. The van der Waals surface area contributed by atoms with E-state index in [0.29, 0.717) is 6.54 Å². The highest BCUT2D eigenvalue weighted by atomic mass is 16.2. The first-order chi connectivity index (χ1) is 8.36. The zero-order valence-electron chi connectivity index (χ0n) is 9.85. The van der Waals surface area contributed by atoms with Crippen molar-refractivity contribution in [1.82, 2.24) is 20.5 Å². The van der Waals surface area contributed by atoms with Gasteiger partial charge in [0.2, 0.25) is 0 Å². The molecule has 2 heterocycles. The standard InChI is InChI=1S/C12H18N4O/c17-12(16-9-7-13-8-10-16)15-6-4-11-3-1-2-5-14-11/h1-3,5,13H,4,6-10H2,(H,15,17). The van der Waals surface area contributed by atoms with E-state index in [1.54, 1.807) is 6.20 Å². The molecule has 2 rings (SSSR count). The predicted octanol–water partition coefficient (Wildman–Crippen LogP) is 0.239. The number of urea groups is 1. The molecule has 1 saturated heterocycles. The summed E-state index contributed by atoms with van der Waals surface area (Å²) in [6.45, 7) is 3.98. The van der Waals surface area contributed by atoms with E-state index in [2.05, 4.69) is 15.6 Å². The summed E-state index contributed by atoms with van der Waals surface area (Å²) in [4.78, 5) is 17.8. The SMILES string of the molecule is O=C(NCCc1ccccn1)N1CCNCC1. The maximum absolute atomic E-state index is 11.8. The van der Waals surface area contributed by atoms with Gasteiger partial charge in [-0.2, -0.15) is 0 Å². The summed E-state index contributed by atoms with van der Waals surface area (Å²) < 4.78 is 0. The lowest BCUT2D eigenvalue weighted by atomic mass is 10.3. The molecule has 5 heteroatoms. The second-order valence-corrected chi connectivity index (χ2v) is 4.04. The fraction of sp³-hybridized carbons (Fsp3) is 0.500. The van der Waals surface area contributed by atoms with Crippen molar-refractivity contribution in [2.45, 2.75) is 6.42 Å². The second-order valence-electron chi connectivity index (χ2n) is 4.04. The molecule has 0 aromatic carbocycles. The van der Waals surface area contributed by atoms with Gasteiger partial charge in [0.25, 0.3) is 0 Å². The molecule has 1 aliphatic rings. The predicted molar refractivity (Wildman–Crippen MR) is 65.8 cm³/mol. The van der Waals surface area contributed by atoms with Crippen LogP contribution in [-0.2, 0) is 6.42 Å². The number of hydrogen-bond acceptors (Lipinski definition) is 3. The second kappa shape index (κ2) is 6.20. The Morgan fingerprint density at radius 2 is 2.24 bits per heavy atom. The van der Waals surface area contributed by atoms with Gasteiger partial charge in [0.1, 0.15) is 0 Å². The number of nitrogens with zero attached hydrogens (tertiary/aromatic N) is 2. The Morgan fingerprint density at radius 1 is 1.41 bits per heavy atom. The van der Waals surface area contributed by atoms with Crippen molar-refractivity contribution in [2.75, 3.05) is 32.7 Å². The third-order valence-electron chi connectivity index (χ3n) is 2.79. The summed E-state index contributed by atoms with van der Waals surface area (Å²) in [6.07, 6.45) is 2.55. The number of pyridine rings is 1. The van der Waals surface area contributed by atoms with Gasteiger partial charge in [-0.25, -0.2) is 4.79 Å². The Labute approximate surface area is 101 Å². The van der Waals surface area contributed by atoms with Gasteiger partial charge in [-0.15, -0.1) is 0 Å². The monoisotopic (exact) mass is 234 g/mol. The molecule has 5 nitrogen and oxygen atoms in total. The summed E-state index contributed by atoms with van der Waals surface area (Å²) >= 11 is 0. The van der Waals surface area contributed by atoms with Crippen LogP contribution < -0.4 is 10.6 Å². The minimum absolute atomic E-state index is 0.0300. The first kappa shape index (κ1) is 11.9. The fourth-order valence-corrected chi connectivity index (χ4v) is 1.82. The minimum Gasteiger partial charge on any atom is -0.338 e. The zero-order valence-corrected chi connectivity index (χ0v) is 9.85. The molecule has 92 valence electrons. The molecular weight excluding hydrogens is 216 g/mol. The average molecular weight is 234 g/mol.